The summed E-state index contributed by atoms with van der Waals surface area (Å²) >= 11 is 3.48. The molecular formula is C20H20BrFN2O. The third-order valence-corrected chi connectivity index (χ3v) is 5.04. The van der Waals surface area contributed by atoms with Gasteiger partial charge < -0.3 is 4.90 Å². The van der Waals surface area contributed by atoms with Crippen LogP contribution in [0.3, 0.4) is 0 Å². The zero-order valence-electron chi connectivity index (χ0n) is 13.9. The van der Waals surface area contributed by atoms with Crippen LogP contribution in [0.5, 0.6) is 0 Å². The maximum absolute atomic E-state index is 13.0. The minimum Gasteiger partial charge on any atom is -0.337 e. The zero-order valence-corrected chi connectivity index (χ0v) is 15.5. The van der Waals surface area contributed by atoms with Crippen molar-refractivity contribution in [1.29, 1.82) is 0 Å². The molecule has 0 aromatic heterocycles. The van der Waals surface area contributed by atoms with Gasteiger partial charge in [0, 0.05) is 43.3 Å². The summed E-state index contributed by atoms with van der Waals surface area (Å²) < 4.78 is 13.9. The van der Waals surface area contributed by atoms with Gasteiger partial charge in [-0.15, -0.1) is 0 Å². The van der Waals surface area contributed by atoms with Crippen molar-refractivity contribution >= 4 is 27.9 Å². The lowest BCUT2D eigenvalue weighted by Crippen LogP contribution is -2.47. The fourth-order valence-electron chi connectivity index (χ4n) is 2.85. The summed E-state index contributed by atoms with van der Waals surface area (Å²) in [6.07, 6.45) is 3.48. The molecule has 1 fully saturated rings. The smallest absolute Gasteiger partial charge is 0.246 e. The van der Waals surface area contributed by atoms with Crippen LogP contribution < -0.4 is 0 Å². The summed E-state index contributed by atoms with van der Waals surface area (Å²) in [6.45, 7) is 3.85. The maximum atomic E-state index is 13.0. The van der Waals surface area contributed by atoms with E-state index in [1.165, 1.54) is 12.1 Å². The highest BCUT2D eigenvalue weighted by Gasteiger charge is 2.19. The van der Waals surface area contributed by atoms with Crippen LogP contribution in [0.15, 0.2) is 59.1 Å². The molecular weight excluding hydrogens is 383 g/mol. The summed E-state index contributed by atoms with van der Waals surface area (Å²) in [7, 11) is 0. The van der Waals surface area contributed by atoms with Crippen molar-refractivity contribution in [2.75, 3.05) is 26.2 Å². The molecule has 0 radical (unpaired) electrons. The minimum absolute atomic E-state index is 0.0391. The molecule has 1 saturated heterocycles. The average molecular weight is 403 g/mol. The molecule has 0 saturated carbocycles. The highest BCUT2D eigenvalue weighted by Crippen LogP contribution is 2.17. The molecule has 2 aromatic rings. The van der Waals surface area contributed by atoms with Gasteiger partial charge in [0.1, 0.15) is 5.82 Å². The molecule has 1 amide bonds. The SMILES string of the molecule is O=C(/C=C/c1ccccc1Br)N1CCN(Cc2ccc(F)cc2)CC1. The van der Waals surface area contributed by atoms with E-state index in [4.69, 9.17) is 0 Å². The van der Waals surface area contributed by atoms with Gasteiger partial charge in [-0.25, -0.2) is 4.39 Å². The van der Waals surface area contributed by atoms with E-state index in [2.05, 4.69) is 20.8 Å². The van der Waals surface area contributed by atoms with Crippen LogP contribution in [-0.2, 0) is 11.3 Å². The molecule has 3 nitrogen and oxygen atoms in total. The fourth-order valence-corrected chi connectivity index (χ4v) is 3.27. The molecule has 0 N–H and O–H groups in total. The van der Waals surface area contributed by atoms with Crippen molar-refractivity contribution in [1.82, 2.24) is 9.80 Å². The molecule has 1 aliphatic rings. The quantitative estimate of drug-likeness (QED) is 0.722. The molecule has 1 heterocycles. The van der Waals surface area contributed by atoms with E-state index >= 15 is 0 Å². The fraction of sp³-hybridized carbons (Fsp3) is 0.250. The maximum Gasteiger partial charge on any atom is 0.246 e. The number of piperazine rings is 1. The van der Waals surface area contributed by atoms with Crippen molar-refractivity contribution in [3.8, 4) is 0 Å². The highest BCUT2D eigenvalue weighted by atomic mass is 79.9. The zero-order chi connectivity index (χ0) is 17.6. The van der Waals surface area contributed by atoms with Crippen LogP contribution in [0, 0.1) is 5.82 Å². The predicted molar refractivity (Wildman–Crippen MR) is 101 cm³/mol. The number of rotatable bonds is 4. The molecule has 0 unspecified atom stereocenters. The molecule has 5 heteroatoms. The van der Waals surface area contributed by atoms with Gasteiger partial charge in [0.15, 0.2) is 0 Å². The van der Waals surface area contributed by atoms with Crippen LogP contribution in [0.1, 0.15) is 11.1 Å². The molecule has 0 aliphatic carbocycles. The first-order chi connectivity index (χ1) is 12.1. The molecule has 1 aliphatic heterocycles. The van der Waals surface area contributed by atoms with Crippen LogP contribution in [0.4, 0.5) is 4.39 Å². The number of carbonyl (C=O) groups excluding carboxylic acids is 1. The number of benzene rings is 2. The molecule has 0 atom stereocenters. The van der Waals surface area contributed by atoms with E-state index in [0.29, 0.717) is 13.1 Å². The first-order valence-corrected chi connectivity index (χ1v) is 9.09. The first kappa shape index (κ1) is 17.8. The Morgan fingerprint density at radius 1 is 1.04 bits per heavy atom. The van der Waals surface area contributed by atoms with E-state index in [0.717, 1.165) is 35.2 Å². The lowest BCUT2D eigenvalue weighted by atomic mass is 10.2. The van der Waals surface area contributed by atoms with Crippen molar-refractivity contribution in [2.24, 2.45) is 0 Å². The summed E-state index contributed by atoms with van der Waals surface area (Å²) in [5, 5.41) is 0. The standard InChI is InChI=1S/C20H20BrFN2O/c21-19-4-2-1-3-17(19)7-10-20(25)24-13-11-23(12-14-24)15-16-5-8-18(22)9-6-16/h1-10H,11-15H2/b10-7+. The molecule has 130 valence electrons. The molecule has 2 aromatic carbocycles. The second kappa shape index (κ2) is 8.41. The van der Waals surface area contributed by atoms with E-state index in [1.54, 1.807) is 6.08 Å². The van der Waals surface area contributed by atoms with E-state index in [-0.39, 0.29) is 11.7 Å². The average Bonchev–Trinajstić information content (AvgIpc) is 2.63. The molecule has 25 heavy (non-hydrogen) atoms. The van der Waals surface area contributed by atoms with E-state index in [9.17, 15) is 9.18 Å². The summed E-state index contributed by atoms with van der Waals surface area (Å²) in [5.74, 6) is -0.173. The number of halogens is 2. The van der Waals surface area contributed by atoms with Crippen molar-refractivity contribution < 1.29 is 9.18 Å². The van der Waals surface area contributed by atoms with Gasteiger partial charge in [-0.2, -0.15) is 0 Å². The Morgan fingerprint density at radius 2 is 1.72 bits per heavy atom. The second-order valence-electron chi connectivity index (χ2n) is 6.08. The number of amides is 1. The Bertz CT molecular complexity index is 753. The molecule has 0 spiro atoms. The van der Waals surface area contributed by atoms with Gasteiger partial charge in [-0.3, -0.25) is 9.69 Å². The largest absolute Gasteiger partial charge is 0.337 e. The summed E-state index contributed by atoms with van der Waals surface area (Å²) in [6, 6.07) is 14.4. The lowest BCUT2D eigenvalue weighted by Gasteiger charge is -2.34. The normalized spacial score (nSPS) is 15.7. The summed E-state index contributed by atoms with van der Waals surface area (Å²) in [4.78, 5) is 16.5. The van der Waals surface area contributed by atoms with E-state index < -0.39 is 0 Å². The predicted octanol–water partition coefficient (Wildman–Crippen LogP) is 3.95. The Morgan fingerprint density at radius 3 is 2.40 bits per heavy atom. The topological polar surface area (TPSA) is 23.6 Å². The monoisotopic (exact) mass is 402 g/mol. The number of carbonyl (C=O) groups is 1. The number of hydrogen-bond acceptors (Lipinski definition) is 2. The Labute approximate surface area is 155 Å². The van der Waals surface area contributed by atoms with Crippen molar-refractivity contribution in [3.63, 3.8) is 0 Å². The van der Waals surface area contributed by atoms with Crippen LogP contribution in [-0.4, -0.2) is 41.9 Å². The Hall–Kier alpha value is -1.98. The van der Waals surface area contributed by atoms with Gasteiger partial charge in [-0.05, 0) is 35.4 Å². The second-order valence-corrected chi connectivity index (χ2v) is 6.94. The Kier molecular flexibility index (Phi) is 6.00. The third-order valence-electron chi connectivity index (χ3n) is 4.31. The van der Waals surface area contributed by atoms with Crippen LogP contribution >= 0.6 is 15.9 Å². The Balaban J connectivity index is 1.50. The van der Waals surface area contributed by atoms with Gasteiger partial charge in [0.25, 0.3) is 0 Å². The van der Waals surface area contributed by atoms with Crippen molar-refractivity contribution in [3.05, 3.63) is 76.0 Å². The van der Waals surface area contributed by atoms with Crippen LogP contribution in [0.2, 0.25) is 0 Å². The lowest BCUT2D eigenvalue weighted by molar-refractivity contribution is -0.127. The first-order valence-electron chi connectivity index (χ1n) is 8.30. The van der Waals surface area contributed by atoms with Gasteiger partial charge in [0.2, 0.25) is 5.91 Å². The van der Waals surface area contributed by atoms with Crippen LogP contribution in [0.25, 0.3) is 6.08 Å². The minimum atomic E-state index is -0.212. The van der Waals surface area contributed by atoms with Gasteiger partial charge >= 0.3 is 0 Å². The number of nitrogens with zero attached hydrogens (tertiary/aromatic N) is 2. The van der Waals surface area contributed by atoms with Crippen molar-refractivity contribution in [2.45, 2.75) is 6.54 Å². The summed E-state index contributed by atoms with van der Waals surface area (Å²) in [5.41, 5.74) is 2.08. The molecule has 0 bridgehead atoms. The highest BCUT2D eigenvalue weighted by molar-refractivity contribution is 9.10. The molecule has 3 rings (SSSR count). The van der Waals surface area contributed by atoms with Gasteiger partial charge in [0.05, 0.1) is 0 Å². The van der Waals surface area contributed by atoms with E-state index in [1.807, 2.05) is 47.4 Å². The third kappa shape index (κ3) is 5.00. The van der Waals surface area contributed by atoms with Gasteiger partial charge in [-0.1, -0.05) is 46.3 Å². The number of hydrogen-bond donors (Lipinski definition) is 0.